The Bertz CT molecular complexity index is 898. The fourth-order valence-electron chi connectivity index (χ4n) is 3.92. The van der Waals surface area contributed by atoms with Gasteiger partial charge in [0.15, 0.2) is 18.0 Å². The highest BCUT2D eigenvalue weighted by Gasteiger charge is 2.52. The number of hydrogen-bond donors (Lipinski definition) is 0. The summed E-state index contributed by atoms with van der Waals surface area (Å²) in [6.07, 6.45) is 6.74. The van der Waals surface area contributed by atoms with Crippen molar-refractivity contribution in [2.75, 3.05) is 24.5 Å². The number of carbonyl (C=O) groups excluding carboxylic acids is 2. The van der Waals surface area contributed by atoms with E-state index in [0.29, 0.717) is 30.4 Å². The lowest BCUT2D eigenvalue weighted by Crippen LogP contribution is -2.58. The van der Waals surface area contributed by atoms with Crippen LogP contribution in [0.1, 0.15) is 12.8 Å². The molecule has 28 heavy (non-hydrogen) atoms. The van der Waals surface area contributed by atoms with Crippen LogP contribution < -0.4 is 4.90 Å². The molecule has 3 saturated heterocycles. The molecule has 10 heteroatoms. The van der Waals surface area contributed by atoms with Crippen LogP contribution in [0.15, 0.2) is 41.3 Å². The van der Waals surface area contributed by atoms with Crippen molar-refractivity contribution in [1.29, 1.82) is 0 Å². The molecule has 0 N–H and O–H groups in total. The van der Waals surface area contributed by atoms with Gasteiger partial charge >= 0.3 is 17.8 Å². The molecule has 0 aliphatic carbocycles. The Balaban J connectivity index is 1.49. The van der Waals surface area contributed by atoms with E-state index in [4.69, 9.17) is 13.9 Å². The van der Waals surface area contributed by atoms with Crippen LogP contribution in [0.2, 0.25) is 0 Å². The van der Waals surface area contributed by atoms with Crippen LogP contribution in [0.3, 0.4) is 0 Å². The minimum Gasteiger partial charge on any atom is -0.442 e. The van der Waals surface area contributed by atoms with Crippen molar-refractivity contribution >= 4 is 17.8 Å². The fraction of sp³-hybridized carbons (Fsp3) is 0.389. The Morgan fingerprint density at radius 1 is 1.04 bits per heavy atom. The van der Waals surface area contributed by atoms with Crippen molar-refractivity contribution in [3.05, 3.63) is 36.9 Å². The highest BCUT2D eigenvalue weighted by molar-refractivity contribution is 5.93. The number of aromatic nitrogens is 3. The van der Waals surface area contributed by atoms with Crippen molar-refractivity contribution in [1.82, 2.24) is 20.1 Å². The predicted octanol–water partition coefficient (Wildman–Crippen LogP) is 0.726. The maximum atomic E-state index is 12.1. The van der Waals surface area contributed by atoms with E-state index in [-0.39, 0.29) is 12.6 Å². The SMILES string of the molecule is O=C1C=CC(=O)OC2(CN(c3ccc(-c4cnco4)nn3)C3CCN2CC3)O1. The quantitative estimate of drug-likeness (QED) is 0.688. The summed E-state index contributed by atoms with van der Waals surface area (Å²) in [6, 6.07) is 3.79. The average Bonchev–Trinajstić information content (AvgIpc) is 3.11. The molecule has 0 atom stereocenters. The molecule has 0 radical (unpaired) electrons. The number of rotatable bonds is 2. The van der Waals surface area contributed by atoms with Gasteiger partial charge in [0.2, 0.25) is 0 Å². The molecule has 6 rings (SSSR count). The van der Waals surface area contributed by atoms with Crippen molar-refractivity contribution in [2.45, 2.75) is 24.8 Å². The highest BCUT2D eigenvalue weighted by atomic mass is 16.8. The number of piperidine rings is 1. The molecule has 4 aliphatic heterocycles. The summed E-state index contributed by atoms with van der Waals surface area (Å²) in [5.41, 5.74) is 0.565. The van der Waals surface area contributed by atoms with Gasteiger partial charge in [-0.3, -0.25) is 0 Å². The van der Waals surface area contributed by atoms with Gasteiger partial charge in [0.05, 0.1) is 6.20 Å². The third-order valence-electron chi connectivity index (χ3n) is 5.26. The number of nitrogens with zero attached hydrogens (tertiary/aromatic N) is 5. The first-order valence-electron chi connectivity index (χ1n) is 9.01. The van der Waals surface area contributed by atoms with Crippen LogP contribution in [-0.2, 0) is 19.1 Å². The third kappa shape index (κ3) is 2.82. The molecule has 2 bridgehead atoms. The van der Waals surface area contributed by atoms with Gasteiger partial charge in [-0.1, -0.05) is 0 Å². The number of carbonyl (C=O) groups is 2. The molecule has 0 aromatic carbocycles. The lowest BCUT2D eigenvalue weighted by molar-refractivity contribution is -0.274. The Hall–Kier alpha value is -3.27. The Labute approximate surface area is 159 Å². The summed E-state index contributed by atoms with van der Waals surface area (Å²) >= 11 is 0. The number of anilines is 1. The number of hydrogen-bond acceptors (Lipinski definition) is 10. The zero-order valence-electron chi connectivity index (χ0n) is 14.9. The molecule has 144 valence electrons. The Morgan fingerprint density at radius 3 is 2.39 bits per heavy atom. The normalized spacial score (nSPS) is 25.9. The van der Waals surface area contributed by atoms with Crippen LogP contribution in [0.25, 0.3) is 11.5 Å². The molecule has 1 spiro atoms. The van der Waals surface area contributed by atoms with Crippen LogP contribution >= 0.6 is 0 Å². The van der Waals surface area contributed by atoms with E-state index in [2.05, 4.69) is 15.2 Å². The first kappa shape index (κ1) is 16.9. The van der Waals surface area contributed by atoms with Gasteiger partial charge in [-0.05, 0) is 25.0 Å². The monoisotopic (exact) mass is 383 g/mol. The van der Waals surface area contributed by atoms with E-state index in [1.807, 2.05) is 15.9 Å². The van der Waals surface area contributed by atoms with Crippen molar-refractivity contribution in [3.8, 4) is 11.5 Å². The van der Waals surface area contributed by atoms with Crippen LogP contribution in [-0.4, -0.2) is 63.6 Å². The maximum absolute atomic E-state index is 12.1. The van der Waals surface area contributed by atoms with Gasteiger partial charge in [0.1, 0.15) is 12.2 Å². The Morgan fingerprint density at radius 2 is 1.79 bits per heavy atom. The van der Waals surface area contributed by atoms with Gasteiger partial charge in [-0.2, -0.15) is 0 Å². The molecule has 2 aromatic rings. The molecular weight excluding hydrogens is 366 g/mol. The lowest BCUT2D eigenvalue weighted by atomic mass is 10.1. The van der Waals surface area contributed by atoms with Gasteiger partial charge in [0.25, 0.3) is 0 Å². The van der Waals surface area contributed by atoms with E-state index in [1.165, 1.54) is 6.39 Å². The standard InChI is InChI=1S/C18H17N5O5/c24-16-3-4-17(25)28-18(27-16)10-23(12-5-7-22(18)8-6-12)15-2-1-13(20-21-15)14-9-19-11-26-14/h1-4,9,11-12H,5-8,10H2. The molecule has 6 heterocycles. The number of esters is 2. The first-order valence-corrected chi connectivity index (χ1v) is 9.01. The molecule has 4 aliphatic rings. The van der Waals surface area contributed by atoms with E-state index in [0.717, 1.165) is 25.0 Å². The van der Waals surface area contributed by atoms with Gasteiger partial charge in [-0.15, -0.1) is 10.2 Å². The van der Waals surface area contributed by atoms with Crippen molar-refractivity contribution in [2.24, 2.45) is 0 Å². The van der Waals surface area contributed by atoms with E-state index in [1.54, 1.807) is 12.3 Å². The summed E-state index contributed by atoms with van der Waals surface area (Å²) in [4.78, 5) is 31.9. The van der Waals surface area contributed by atoms with Gasteiger partial charge < -0.3 is 18.8 Å². The second-order valence-corrected chi connectivity index (χ2v) is 6.88. The molecule has 3 fully saturated rings. The summed E-state index contributed by atoms with van der Waals surface area (Å²) in [5.74, 6) is -1.56. The summed E-state index contributed by atoms with van der Waals surface area (Å²) in [5, 5.41) is 8.55. The van der Waals surface area contributed by atoms with Gasteiger partial charge in [0, 0.05) is 31.3 Å². The zero-order valence-corrected chi connectivity index (χ0v) is 14.9. The largest absolute Gasteiger partial charge is 0.442 e. The highest BCUT2D eigenvalue weighted by Crippen LogP contribution is 2.36. The molecule has 10 nitrogen and oxygen atoms in total. The third-order valence-corrected chi connectivity index (χ3v) is 5.26. The second-order valence-electron chi connectivity index (χ2n) is 6.88. The smallest absolute Gasteiger partial charge is 0.339 e. The van der Waals surface area contributed by atoms with E-state index >= 15 is 0 Å². The minimum absolute atomic E-state index is 0.160. The molecule has 0 saturated carbocycles. The topological polar surface area (TPSA) is 111 Å². The molecule has 2 aromatic heterocycles. The fourth-order valence-corrected chi connectivity index (χ4v) is 3.92. The minimum atomic E-state index is -1.48. The first-order chi connectivity index (χ1) is 13.6. The summed E-state index contributed by atoms with van der Waals surface area (Å²) < 4.78 is 16.4. The molecule has 0 amide bonds. The van der Waals surface area contributed by atoms with Gasteiger partial charge in [-0.25, -0.2) is 19.5 Å². The van der Waals surface area contributed by atoms with E-state index in [9.17, 15) is 9.59 Å². The van der Waals surface area contributed by atoms with Crippen LogP contribution in [0.4, 0.5) is 5.82 Å². The molecular formula is C18H17N5O5. The van der Waals surface area contributed by atoms with Crippen molar-refractivity contribution < 1.29 is 23.5 Å². The maximum Gasteiger partial charge on any atom is 0.339 e. The Kier molecular flexibility index (Phi) is 3.86. The van der Waals surface area contributed by atoms with Crippen LogP contribution in [0.5, 0.6) is 0 Å². The molecule has 0 unspecified atom stereocenters. The van der Waals surface area contributed by atoms with Crippen LogP contribution in [0, 0.1) is 0 Å². The van der Waals surface area contributed by atoms with E-state index < -0.39 is 17.8 Å². The zero-order chi connectivity index (χ0) is 19.1. The number of ether oxygens (including phenoxy) is 2. The summed E-state index contributed by atoms with van der Waals surface area (Å²) in [6.45, 7) is 1.45. The predicted molar refractivity (Wildman–Crippen MR) is 93.5 cm³/mol. The second kappa shape index (κ2) is 6.41. The van der Waals surface area contributed by atoms with Crippen molar-refractivity contribution in [3.63, 3.8) is 0 Å². The lowest BCUT2D eigenvalue weighted by Gasteiger charge is -2.39. The average molecular weight is 383 g/mol. The number of fused-ring (bicyclic) bond motifs is 3. The number of oxazole rings is 1. The summed E-state index contributed by atoms with van der Waals surface area (Å²) in [7, 11) is 0.